The van der Waals surface area contributed by atoms with E-state index >= 15 is 0 Å². The number of aliphatic imine (C=N–C) groups is 1. The molecular weight excluding hydrogens is 270 g/mol. The maximum atomic E-state index is 4.91. The quantitative estimate of drug-likeness (QED) is 0.845. The molecule has 3 nitrogen and oxygen atoms in total. The molecule has 1 aromatic heterocycles. The van der Waals surface area contributed by atoms with Crippen molar-refractivity contribution in [3.8, 4) is 0 Å². The minimum Gasteiger partial charge on any atom is -0.333 e. The molecule has 0 bridgehead atoms. The van der Waals surface area contributed by atoms with E-state index in [-0.39, 0.29) is 12.2 Å². The SMILES string of the molecule is Cc1c#ccc(N2C3C=CC=CC3=NC2c2cccnc2)c1. The molecule has 106 valence electrons. The molecule has 3 heteroatoms. The van der Waals surface area contributed by atoms with E-state index in [4.69, 9.17) is 4.99 Å². The van der Waals surface area contributed by atoms with Gasteiger partial charge in [0.25, 0.3) is 0 Å². The number of nitrogens with zero attached hydrogens (tertiary/aromatic N) is 3. The molecule has 0 saturated heterocycles. The molecule has 0 saturated carbocycles. The maximum absolute atomic E-state index is 4.91. The highest BCUT2D eigenvalue weighted by atomic mass is 15.3. The number of rotatable bonds is 2. The van der Waals surface area contributed by atoms with E-state index in [9.17, 15) is 0 Å². The average molecular weight is 285 g/mol. The van der Waals surface area contributed by atoms with Gasteiger partial charge in [0.2, 0.25) is 0 Å². The molecular formula is C19H15N3. The topological polar surface area (TPSA) is 28.5 Å². The first-order valence-corrected chi connectivity index (χ1v) is 7.34. The Morgan fingerprint density at radius 2 is 2.23 bits per heavy atom. The third kappa shape index (κ3) is 2.10. The number of anilines is 1. The van der Waals surface area contributed by atoms with Crippen LogP contribution in [0.4, 0.5) is 5.69 Å². The molecule has 2 aliphatic rings. The molecule has 4 rings (SSSR count). The van der Waals surface area contributed by atoms with Gasteiger partial charge in [-0.25, -0.2) is 0 Å². The summed E-state index contributed by atoms with van der Waals surface area (Å²) < 4.78 is 0. The first-order valence-electron chi connectivity index (χ1n) is 7.34. The molecule has 0 radical (unpaired) electrons. The first-order chi connectivity index (χ1) is 10.8. The van der Waals surface area contributed by atoms with E-state index in [1.807, 2.05) is 31.3 Å². The molecule has 2 unspecified atom stereocenters. The monoisotopic (exact) mass is 285 g/mol. The van der Waals surface area contributed by atoms with Gasteiger partial charge in [0.1, 0.15) is 6.17 Å². The van der Waals surface area contributed by atoms with Crippen molar-refractivity contribution in [1.82, 2.24) is 4.98 Å². The Balaban J connectivity index is 1.82. The summed E-state index contributed by atoms with van der Waals surface area (Å²) in [6.45, 7) is 2.04. The summed E-state index contributed by atoms with van der Waals surface area (Å²) >= 11 is 0. The fourth-order valence-electron chi connectivity index (χ4n) is 2.97. The molecule has 2 aromatic rings. The lowest BCUT2D eigenvalue weighted by atomic mass is 10.0. The van der Waals surface area contributed by atoms with Gasteiger partial charge < -0.3 is 4.90 Å². The van der Waals surface area contributed by atoms with Crippen LogP contribution in [0.3, 0.4) is 0 Å². The molecule has 0 amide bonds. The summed E-state index contributed by atoms with van der Waals surface area (Å²) in [7, 11) is 0. The van der Waals surface area contributed by atoms with Crippen LogP contribution in [0, 0.1) is 19.1 Å². The number of fused-ring (bicyclic) bond motifs is 1. The molecule has 0 fully saturated rings. The van der Waals surface area contributed by atoms with Crippen LogP contribution in [0.5, 0.6) is 0 Å². The van der Waals surface area contributed by atoms with Gasteiger partial charge in [-0.05, 0) is 25.1 Å². The maximum Gasteiger partial charge on any atom is 0.149 e. The van der Waals surface area contributed by atoms with Crippen molar-refractivity contribution in [1.29, 1.82) is 0 Å². The zero-order valence-corrected chi connectivity index (χ0v) is 12.3. The molecule has 22 heavy (non-hydrogen) atoms. The first kappa shape index (κ1) is 12.8. The van der Waals surface area contributed by atoms with Gasteiger partial charge in [0.15, 0.2) is 0 Å². The fraction of sp³-hybridized carbons (Fsp3) is 0.158. The molecule has 1 aromatic carbocycles. The van der Waals surface area contributed by atoms with Gasteiger partial charge in [0, 0.05) is 35.3 Å². The van der Waals surface area contributed by atoms with E-state index in [1.54, 1.807) is 6.20 Å². The fourth-order valence-corrected chi connectivity index (χ4v) is 2.97. The number of pyridine rings is 1. The van der Waals surface area contributed by atoms with E-state index in [1.165, 1.54) is 0 Å². The molecule has 2 heterocycles. The third-order valence-corrected chi connectivity index (χ3v) is 3.94. The van der Waals surface area contributed by atoms with E-state index in [2.05, 4.69) is 52.4 Å². The van der Waals surface area contributed by atoms with Gasteiger partial charge in [-0.1, -0.05) is 36.4 Å². The highest BCUT2D eigenvalue weighted by molar-refractivity contribution is 6.06. The van der Waals surface area contributed by atoms with Gasteiger partial charge >= 0.3 is 0 Å². The summed E-state index contributed by atoms with van der Waals surface area (Å²) in [6, 6.07) is 14.5. The van der Waals surface area contributed by atoms with Crippen LogP contribution in [-0.4, -0.2) is 16.7 Å². The van der Waals surface area contributed by atoms with Crippen molar-refractivity contribution in [2.75, 3.05) is 4.90 Å². The summed E-state index contributed by atoms with van der Waals surface area (Å²) in [5, 5.41) is 0. The number of allylic oxidation sites excluding steroid dienone is 2. The molecule has 2 atom stereocenters. The molecule has 1 aliphatic heterocycles. The van der Waals surface area contributed by atoms with Crippen LogP contribution in [0.25, 0.3) is 0 Å². The lowest BCUT2D eigenvalue weighted by Crippen LogP contribution is -2.35. The van der Waals surface area contributed by atoms with Crippen molar-refractivity contribution < 1.29 is 0 Å². The number of hydrogen-bond donors (Lipinski definition) is 0. The van der Waals surface area contributed by atoms with Crippen LogP contribution in [0.1, 0.15) is 17.3 Å². The van der Waals surface area contributed by atoms with E-state index in [0.29, 0.717) is 0 Å². The zero-order chi connectivity index (χ0) is 14.9. The summed E-state index contributed by atoms with van der Waals surface area (Å²) in [5.74, 6) is 0. The standard InChI is InChI=1S/C19H15N3/c1-14-6-4-8-16(12-14)22-18-10-3-2-9-17(18)21-19(22)15-7-5-11-20-13-15/h2-3,5,7-13,18-19H,1H3. The van der Waals surface area contributed by atoms with Crippen molar-refractivity contribution >= 4 is 11.4 Å². The highest BCUT2D eigenvalue weighted by Crippen LogP contribution is 2.37. The van der Waals surface area contributed by atoms with Crippen LogP contribution >= 0.6 is 0 Å². The van der Waals surface area contributed by atoms with Crippen LogP contribution in [0.2, 0.25) is 0 Å². The second-order valence-corrected chi connectivity index (χ2v) is 5.48. The summed E-state index contributed by atoms with van der Waals surface area (Å²) in [4.78, 5) is 11.5. The van der Waals surface area contributed by atoms with Gasteiger partial charge in [-0.2, -0.15) is 0 Å². The Hall–Kier alpha value is -2.86. The number of aromatic nitrogens is 1. The Morgan fingerprint density at radius 1 is 1.27 bits per heavy atom. The van der Waals surface area contributed by atoms with Crippen molar-refractivity contribution in [3.63, 3.8) is 0 Å². The predicted octanol–water partition coefficient (Wildman–Crippen LogP) is 3.44. The minimum atomic E-state index is -0.0590. The van der Waals surface area contributed by atoms with Crippen LogP contribution in [0.15, 0.2) is 66.0 Å². The smallest absolute Gasteiger partial charge is 0.149 e. The molecule has 0 spiro atoms. The van der Waals surface area contributed by atoms with E-state index in [0.717, 1.165) is 22.5 Å². The lowest BCUT2D eigenvalue weighted by Gasteiger charge is -2.30. The number of aryl methyl sites for hydroxylation is 1. The minimum absolute atomic E-state index is 0.0590. The zero-order valence-electron chi connectivity index (χ0n) is 12.3. The average Bonchev–Trinajstić information content (AvgIpc) is 2.95. The normalized spacial score (nSPS) is 22.2. The van der Waals surface area contributed by atoms with Crippen molar-refractivity contribution in [2.24, 2.45) is 4.99 Å². The predicted molar refractivity (Wildman–Crippen MR) is 87.8 cm³/mol. The summed E-state index contributed by atoms with van der Waals surface area (Å²) in [5.41, 5.74) is 4.36. The van der Waals surface area contributed by atoms with Gasteiger partial charge in [-0.3, -0.25) is 9.98 Å². The number of hydrogen-bond acceptors (Lipinski definition) is 3. The van der Waals surface area contributed by atoms with E-state index < -0.39 is 0 Å². The Kier molecular flexibility index (Phi) is 3.01. The van der Waals surface area contributed by atoms with Crippen LogP contribution in [-0.2, 0) is 0 Å². The second-order valence-electron chi connectivity index (χ2n) is 5.48. The molecule has 1 aliphatic carbocycles. The lowest BCUT2D eigenvalue weighted by molar-refractivity contribution is 0.693. The van der Waals surface area contributed by atoms with Crippen LogP contribution < -0.4 is 4.90 Å². The van der Waals surface area contributed by atoms with Gasteiger partial charge in [0.05, 0.1) is 11.8 Å². The Morgan fingerprint density at radius 3 is 3.05 bits per heavy atom. The third-order valence-electron chi connectivity index (χ3n) is 3.94. The van der Waals surface area contributed by atoms with Crippen molar-refractivity contribution in [3.05, 3.63) is 84.2 Å². The highest BCUT2D eigenvalue weighted by Gasteiger charge is 2.35. The summed E-state index contributed by atoms with van der Waals surface area (Å²) in [6.07, 6.45) is 12.0. The largest absolute Gasteiger partial charge is 0.333 e. The van der Waals surface area contributed by atoms with Crippen molar-refractivity contribution in [2.45, 2.75) is 19.1 Å². The molecule has 0 N–H and O–H groups in total. The van der Waals surface area contributed by atoms with Gasteiger partial charge in [-0.15, -0.1) is 0 Å². The second kappa shape index (κ2) is 5.16. The Bertz CT molecular complexity index is 774. The Labute approximate surface area is 130 Å².